The first-order chi connectivity index (χ1) is 8.66. The Bertz CT molecular complexity index is 518. The number of halogens is 2. The van der Waals surface area contributed by atoms with Crippen LogP contribution < -0.4 is 5.32 Å². The van der Waals surface area contributed by atoms with Gasteiger partial charge in [0, 0.05) is 16.4 Å². The molecule has 0 aliphatic rings. The minimum absolute atomic E-state index is 0.00880. The zero-order valence-electron chi connectivity index (χ0n) is 10.7. The van der Waals surface area contributed by atoms with Crippen LogP contribution in [0.1, 0.15) is 31.1 Å². The zero-order chi connectivity index (χ0) is 14.8. The van der Waals surface area contributed by atoms with Gasteiger partial charge in [-0.1, -0.05) is 40.5 Å². The van der Waals surface area contributed by atoms with Gasteiger partial charge in [-0.05, 0) is 19.9 Å². The quantitative estimate of drug-likeness (QED) is 0.513. The molecule has 0 aromatic heterocycles. The zero-order valence-corrected chi connectivity index (χ0v) is 13.1. The third-order valence-electron chi connectivity index (χ3n) is 2.85. The van der Waals surface area contributed by atoms with Crippen LogP contribution in [0.15, 0.2) is 18.2 Å². The van der Waals surface area contributed by atoms with E-state index in [2.05, 4.69) is 21.2 Å². The van der Waals surface area contributed by atoms with Crippen molar-refractivity contribution in [3.63, 3.8) is 0 Å². The lowest BCUT2D eigenvalue weighted by Gasteiger charge is -2.29. The van der Waals surface area contributed by atoms with E-state index in [1.54, 1.807) is 0 Å². The van der Waals surface area contributed by atoms with Crippen molar-refractivity contribution >= 4 is 39.1 Å². The maximum Gasteiger partial charge on any atom is 0.283 e. The number of benzene rings is 1. The molecule has 104 valence electrons. The summed E-state index contributed by atoms with van der Waals surface area (Å²) in [6.45, 7) is 5.50. The molecule has 0 aliphatic heterocycles. The Labute approximate surface area is 124 Å². The van der Waals surface area contributed by atoms with Crippen molar-refractivity contribution in [2.24, 2.45) is 0 Å². The van der Waals surface area contributed by atoms with E-state index in [0.29, 0.717) is 0 Å². The molecule has 1 atom stereocenters. The van der Waals surface area contributed by atoms with E-state index < -0.39 is 16.4 Å². The topological polar surface area (TPSA) is 72.2 Å². The number of amides is 1. The molecule has 1 aromatic rings. The molecule has 1 unspecified atom stereocenters. The van der Waals surface area contributed by atoms with E-state index in [1.165, 1.54) is 18.2 Å². The molecule has 0 spiro atoms. The molecule has 1 N–H and O–H groups in total. The smallest absolute Gasteiger partial charge is 0.283 e. The molecule has 0 saturated heterocycles. The van der Waals surface area contributed by atoms with Crippen molar-refractivity contribution in [3.8, 4) is 0 Å². The minimum atomic E-state index is -0.620. The Morgan fingerprint density at radius 2 is 2.11 bits per heavy atom. The maximum absolute atomic E-state index is 12.2. The van der Waals surface area contributed by atoms with Gasteiger partial charge in [-0.2, -0.15) is 0 Å². The molecule has 1 amide bonds. The van der Waals surface area contributed by atoms with Crippen LogP contribution in [0.25, 0.3) is 0 Å². The number of rotatable bonds is 4. The van der Waals surface area contributed by atoms with Crippen molar-refractivity contribution in [2.45, 2.75) is 31.1 Å². The number of nitrogens with one attached hydrogen (secondary N) is 1. The molecular weight excluding hydrogens is 336 g/mol. The summed E-state index contributed by atoms with van der Waals surface area (Å²) in [5.74, 6) is -0.561. The predicted molar refractivity (Wildman–Crippen MR) is 78.0 cm³/mol. The van der Waals surface area contributed by atoms with Crippen LogP contribution in [-0.2, 0) is 0 Å². The van der Waals surface area contributed by atoms with Gasteiger partial charge in [-0.25, -0.2) is 0 Å². The van der Waals surface area contributed by atoms with E-state index in [0.717, 1.165) is 0 Å². The molecule has 7 heteroatoms. The highest BCUT2D eigenvalue weighted by molar-refractivity contribution is 9.09. The third kappa shape index (κ3) is 3.67. The minimum Gasteiger partial charge on any atom is -0.346 e. The summed E-state index contributed by atoms with van der Waals surface area (Å²) in [4.78, 5) is 22.5. The number of hydrogen-bond acceptors (Lipinski definition) is 3. The van der Waals surface area contributed by atoms with Gasteiger partial charge in [0.05, 0.1) is 9.95 Å². The van der Waals surface area contributed by atoms with E-state index in [1.807, 2.05) is 20.8 Å². The Morgan fingerprint density at radius 3 is 2.58 bits per heavy atom. The van der Waals surface area contributed by atoms with Gasteiger partial charge in [0.2, 0.25) is 0 Å². The lowest BCUT2D eigenvalue weighted by Crippen LogP contribution is -2.49. The first kappa shape index (κ1) is 15.9. The van der Waals surface area contributed by atoms with Crippen LogP contribution in [0, 0.1) is 10.1 Å². The van der Waals surface area contributed by atoms with Gasteiger partial charge < -0.3 is 5.32 Å². The van der Waals surface area contributed by atoms with Crippen LogP contribution in [0.3, 0.4) is 0 Å². The predicted octanol–water partition coefficient (Wildman–Crippen LogP) is 3.54. The molecule has 1 aromatic carbocycles. The number of nitro groups is 1. The molecule has 0 saturated carbocycles. The highest BCUT2D eigenvalue weighted by Gasteiger charge is 2.30. The van der Waals surface area contributed by atoms with Crippen LogP contribution in [0.5, 0.6) is 0 Å². The molecule has 5 nitrogen and oxygen atoms in total. The molecular formula is C12H14BrClN2O3. The highest BCUT2D eigenvalue weighted by Crippen LogP contribution is 2.27. The Kier molecular flexibility index (Phi) is 4.92. The summed E-state index contributed by atoms with van der Waals surface area (Å²) in [6.07, 6.45) is 0. The number of nitro benzene ring substituents is 1. The molecule has 0 aliphatic carbocycles. The molecule has 19 heavy (non-hydrogen) atoms. The van der Waals surface area contributed by atoms with Gasteiger partial charge in [0.25, 0.3) is 11.6 Å². The summed E-state index contributed by atoms with van der Waals surface area (Å²) < 4.78 is 0. The van der Waals surface area contributed by atoms with Crippen molar-refractivity contribution in [1.82, 2.24) is 5.32 Å². The van der Waals surface area contributed by atoms with Gasteiger partial charge in [-0.3, -0.25) is 14.9 Å². The lowest BCUT2D eigenvalue weighted by molar-refractivity contribution is -0.385. The van der Waals surface area contributed by atoms with Crippen molar-refractivity contribution < 1.29 is 9.72 Å². The van der Waals surface area contributed by atoms with Gasteiger partial charge in [0.15, 0.2) is 0 Å². The number of carbonyl (C=O) groups is 1. The van der Waals surface area contributed by atoms with E-state index in [9.17, 15) is 14.9 Å². The summed E-state index contributed by atoms with van der Waals surface area (Å²) in [7, 11) is 0. The number of alkyl halides is 1. The van der Waals surface area contributed by atoms with Crippen molar-refractivity contribution in [2.75, 3.05) is 0 Å². The highest BCUT2D eigenvalue weighted by atomic mass is 79.9. The maximum atomic E-state index is 12.2. The van der Waals surface area contributed by atoms with E-state index in [-0.39, 0.29) is 21.1 Å². The molecule has 1 rings (SSSR count). The van der Waals surface area contributed by atoms with Crippen LogP contribution in [0.4, 0.5) is 5.69 Å². The van der Waals surface area contributed by atoms with E-state index >= 15 is 0 Å². The molecule has 0 fully saturated rings. The van der Waals surface area contributed by atoms with Crippen LogP contribution >= 0.6 is 27.5 Å². The fourth-order valence-electron chi connectivity index (χ4n) is 1.34. The second kappa shape index (κ2) is 5.88. The van der Waals surface area contributed by atoms with Crippen molar-refractivity contribution in [1.29, 1.82) is 0 Å². The average Bonchev–Trinajstić information content (AvgIpc) is 2.27. The average molecular weight is 350 g/mol. The Hall–Kier alpha value is -1.14. The number of hydrogen-bond donors (Lipinski definition) is 1. The summed E-state index contributed by atoms with van der Waals surface area (Å²) in [5.41, 5.74) is -0.983. The SMILES string of the molecule is CC(Br)C(C)(C)NC(=O)c1c(Cl)cccc1[N+](=O)[O-]. The van der Waals surface area contributed by atoms with Gasteiger partial charge >= 0.3 is 0 Å². The Morgan fingerprint density at radius 1 is 1.53 bits per heavy atom. The van der Waals surface area contributed by atoms with Crippen LogP contribution in [0.2, 0.25) is 5.02 Å². The Balaban J connectivity index is 3.17. The lowest BCUT2D eigenvalue weighted by atomic mass is 10.0. The largest absolute Gasteiger partial charge is 0.346 e. The second-order valence-corrected chi connectivity index (χ2v) is 6.46. The van der Waals surface area contributed by atoms with Gasteiger partial charge in [-0.15, -0.1) is 0 Å². The molecule has 0 radical (unpaired) electrons. The van der Waals surface area contributed by atoms with Crippen LogP contribution in [-0.4, -0.2) is 21.2 Å². The standard InChI is InChI=1S/C12H14BrClN2O3/c1-7(13)12(2,3)15-11(17)10-8(14)5-4-6-9(10)16(18)19/h4-7H,1-3H3,(H,15,17). The first-order valence-corrected chi connectivity index (χ1v) is 6.85. The number of nitrogens with zero attached hydrogens (tertiary/aromatic N) is 1. The third-order valence-corrected chi connectivity index (χ3v) is 4.31. The molecule has 0 heterocycles. The monoisotopic (exact) mass is 348 g/mol. The van der Waals surface area contributed by atoms with Crippen molar-refractivity contribution in [3.05, 3.63) is 38.9 Å². The number of carbonyl (C=O) groups excluding carboxylic acids is 1. The van der Waals surface area contributed by atoms with Gasteiger partial charge in [0.1, 0.15) is 5.56 Å². The first-order valence-electron chi connectivity index (χ1n) is 5.56. The normalized spacial score (nSPS) is 12.9. The fraction of sp³-hybridized carbons (Fsp3) is 0.417. The summed E-state index contributed by atoms with van der Waals surface area (Å²) >= 11 is 9.28. The van der Waals surface area contributed by atoms with E-state index in [4.69, 9.17) is 11.6 Å². The second-order valence-electron chi connectivity index (χ2n) is 4.68. The fourth-order valence-corrected chi connectivity index (χ4v) is 1.71. The molecule has 0 bridgehead atoms. The summed E-state index contributed by atoms with van der Waals surface area (Å²) in [6, 6.07) is 4.15. The summed E-state index contributed by atoms with van der Waals surface area (Å²) in [5, 5.41) is 13.7.